The Morgan fingerprint density at radius 1 is 0.900 bits per heavy atom. The van der Waals surface area contributed by atoms with Crippen LogP contribution < -0.4 is 0 Å². The second kappa shape index (κ2) is 36.2. The first kappa shape index (κ1) is 27.5. The Labute approximate surface area is 125 Å². The van der Waals surface area contributed by atoms with Crippen LogP contribution in [-0.2, 0) is 9.53 Å². The molecule has 2 N–H and O–H groups in total. The van der Waals surface area contributed by atoms with Gasteiger partial charge < -0.3 is 14.9 Å². The van der Waals surface area contributed by atoms with E-state index in [0.29, 0.717) is 0 Å². The van der Waals surface area contributed by atoms with Crippen LogP contribution >= 0.6 is 0 Å². The molecule has 0 aromatic heterocycles. The van der Waals surface area contributed by atoms with Crippen LogP contribution in [-0.4, -0.2) is 37.5 Å². The molecule has 0 aromatic carbocycles. The van der Waals surface area contributed by atoms with Gasteiger partial charge in [0.15, 0.2) is 0 Å². The van der Waals surface area contributed by atoms with Crippen LogP contribution in [0.3, 0.4) is 0 Å². The molecule has 0 fully saturated rings. The van der Waals surface area contributed by atoms with E-state index in [1.165, 1.54) is 58.5 Å². The van der Waals surface area contributed by atoms with Gasteiger partial charge in [-0.3, -0.25) is 0 Å². The SMILES string of the molecule is C=CC(=O)OC.CCCCCCCCCC.CO.CO. The second-order valence-corrected chi connectivity index (χ2v) is 3.85. The summed E-state index contributed by atoms with van der Waals surface area (Å²) in [6.07, 6.45) is 12.6. The standard InChI is InChI=1S/C10H22.C4H6O2.2CH4O/c1-3-5-7-9-10-8-6-4-2;1-3-4(5)6-2;2*1-2/h3-10H2,1-2H3;3H,1H2,2H3;2*2H,1H3. The maximum Gasteiger partial charge on any atom is 0.329 e. The molecule has 20 heavy (non-hydrogen) atoms. The van der Waals surface area contributed by atoms with Gasteiger partial charge in [-0.05, 0) is 0 Å². The number of aliphatic hydroxyl groups is 2. The monoisotopic (exact) mass is 292 g/mol. The molecule has 4 nitrogen and oxygen atoms in total. The van der Waals surface area contributed by atoms with Crippen LogP contribution in [0.5, 0.6) is 0 Å². The third kappa shape index (κ3) is 43.4. The largest absolute Gasteiger partial charge is 0.466 e. The zero-order chi connectivity index (χ0) is 16.6. The number of rotatable bonds is 8. The van der Waals surface area contributed by atoms with Gasteiger partial charge in [0.25, 0.3) is 0 Å². The van der Waals surface area contributed by atoms with Crippen molar-refractivity contribution in [2.75, 3.05) is 21.3 Å². The van der Waals surface area contributed by atoms with Crippen molar-refractivity contribution >= 4 is 5.97 Å². The van der Waals surface area contributed by atoms with E-state index < -0.39 is 5.97 Å². The molecule has 0 amide bonds. The third-order valence-corrected chi connectivity index (χ3v) is 2.32. The molecule has 0 aliphatic heterocycles. The van der Waals surface area contributed by atoms with Crippen LogP contribution in [0, 0.1) is 0 Å². The van der Waals surface area contributed by atoms with Crippen molar-refractivity contribution in [1.29, 1.82) is 0 Å². The first-order valence-electron chi connectivity index (χ1n) is 7.32. The summed E-state index contributed by atoms with van der Waals surface area (Å²) in [5, 5.41) is 14.0. The molecule has 0 rings (SSSR count). The van der Waals surface area contributed by atoms with Gasteiger partial charge in [0.2, 0.25) is 0 Å². The molecular formula is C16H36O4. The van der Waals surface area contributed by atoms with Gasteiger partial charge in [-0.25, -0.2) is 4.79 Å². The van der Waals surface area contributed by atoms with E-state index in [9.17, 15) is 4.79 Å². The molecule has 0 saturated heterocycles. The number of unbranched alkanes of at least 4 members (excludes halogenated alkanes) is 7. The maximum atomic E-state index is 9.84. The predicted molar refractivity (Wildman–Crippen MR) is 86.8 cm³/mol. The Morgan fingerprint density at radius 3 is 1.35 bits per heavy atom. The summed E-state index contributed by atoms with van der Waals surface area (Å²) in [5.74, 6) is -0.394. The number of carbonyl (C=O) groups is 1. The Kier molecular flexibility index (Phi) is 49.7. The molecule has 0 heterocycles. The van der Waals surface area contributed by atoms with Gasteiger partial charge in [0.1, 0.15) is 0 Å². The summed E-state index contributed by atoms with van der Waals surface area (Å²) in [4.78, 5) is 9.84. The van der Waals surface area contributed by atoms with E-state index in [-0.39, 0.29) is 0 Å². The number of aliphatic hydroxyl groups excluding tert-OH is 2. The second-order valence-electron chi connectivity index (χ2n) is 3.85. The van der Waals surface area contributed by atoms with E-state index in [1.54, 1.807) is 0 Å². The fraction of sp³-hybridized carbons (Fsp3) is 0.812. The Hall–Kier alpha value is -0.870. The van der Waals surface area contributed by atoms with E-state index >= 15 is 0 Å². The van der Waals surface area contributed by atoms with Gasteiger partial charge in [-0.15, -0.1) is 0 Å². The van der Waals surface area contributed by atoms with Crippen molar-refractivity contribution in [3.8, 4) is 0 Å². The number of hydrogen-bond acceptors (Lipinski definition) is 4. The van der Waals surface area contributed by atoms with Crippen molar-refractivity contribution < 1.29 is 19.7 Å². The number of carbonyl (C=O) groups excluding carboxylic acids is 1. The first-order chi connectivity index (χ1) is 9.72. The minimum atomic E-state index is -0.394. The molecule has 0 aliphatic carbocycles. The van der Waals surface area contributed by atoms with Crippen molar-refractivity contribution in [3.05, 3.63) is 12.7 Å². The Morgan fingerprint density at radius 2 is 1.20 bits per heavy atom. The first-order valence-corrected chi connectivity index (χ1v) is 7.32. The number of esters is 1. The average molecular weight is 292 g/mol. The normalized spacial score (nSPS) is 7.75. The molecule has 0 spiro atoms. The summed E-state index contributed by atoms with van der Waals surface area (Å²) in [6.45, 7) is 7.70. The van der Waals surface area contributed by atoms with E-state index in [0.717, 1.165) is 20.3 Å². The van der Waals surface area contributed by atoms with Crippen LogP contribution in [0.4, 0.5) is 0 Å². The quantitative estimate of drug-likeness (QED) is 0.406. The summed E-state index contributed by atoms with van der Waals surface area (Å²) < 4.78 is 4.14. The molecule has 0 radical (unpaired) electrons. The number of ether oxygens (including phenoxy) is 1. The summed E-state index contributed by atoms with van der Waals surface area (Å²) in [5.41, 5.74) is 0. The molecular weight excluding hydrogens is 256 g/mol. The lowest BCUT2D eigenvalue weighted by Crippen LogP contribution is -1.91. The highest BCUT2D eigenvalue weighted by Gasteiger charge is 1.87. The fourth-order valence-corrected chi connectivity index (χ4v) is 1.29. The number of hydrogen-bond donors (Lipinski definition) is 2. The molecule has 0 bridgehead atoms. The van der Waals surface area contributed by atoms with Gasteiger partial charge >= 0.3 is 5.97 Å². The summed E-state index contributed by atoms with van der Waals surface area (Å²) in [6, 6.07) is 0. The highest BCUT2D eigenvalue weighted by atomic mass is 16.5. The topological polar surface area (TPSA) is 66.8 Å². The molecule has 4 heteroatoms. The predicted octanol–water partition coefficient (Wildman–Crippen LogP) is 3.71. The van der Waals surface area contributed by atoms with Crippen molar-refractivity contribution in [1.82, 2.24) is 0 Å². The fourth-order valence-electron chi connectivity index (χ4n) is 1.29. The zero-order valence-corrected chi connectivity index (χ0v) is 14.2. The molecule has 124 valence electrons. The highest BCUT2D eigenvalue weighted by molar-refractivity contribution is 5.80. The van der Waals surface area contributed by atoms with Crippen LogP contribution in [0.25, 0.3) is 0 Å². The molecule has 0 aliphatic rings. The van der Waals surface area contributed by atoms with Gasteiger partial charge in [0, 0.05) is 20.3 Å². The average Bonchev–Trinajstić information content (AvgIpc) is 2.54. The van der Waals surface area contributed by atoms with E-state index in [1.807, 2.05) is 0 Å². The van der Waals surface area contributed by atoms with Crippen LogP contribution in [0.1, 0.15) is 65.2 Å². The van der Waals surface area contributed by atoms with Gasteiger partial charge in [-0.1, -0.05) is 71.8 Å². The lowest BCUT2D eigenvalue weighted by atomic mass is 10.1. The van der Waals surface area contributed by atoms with Crippen LogP contribution in [0.15, 0.2) is 12.7 Å². The van der Waals surface area contributed by atoms with Crippen molar-refractivity contribution in [2.24, 2.45) is 0 Å². The van der Waals surface area contributed by atoms with Crippen molar-refractivity contribution in [3.63, 3.8) is 0 Å². The summed E-state index contributed by atoms with van der Waals surface area (Å²) in [7, 11) is 3.31. The van der Waals surface area contributed by atoms with Crippen LogP contribution in [0.2, 0.25) is 0 Å². The minimum Gasteiger partial charge on any atom is -0.466 e. The lowest BCUT2D eigenvalue weighted by molar-refractivity contribution is -0.134. The van der Waals surface area contributed by atoms with Crippen molar-refractivity contribution in [2.45, 2.75) is 65.2 Å². The molecule has 0 aromatic rings. The smallest absolute Gasteiger partial charge is 0.329 e. The highest BCUT2D eigenvalue weighted by Crippen LogP contribution is 2.07. The minimum absolute atomic E-state index is 0.394. The summed E-state index contributed by atoms with van der Waals surface area (Å²) >= 11 is 0. The molecule has 0 unspecified atom stereocenters. The zero-order valence-electron chi connectivity index (χ0n) is 14.2. The number of methoxy groups -OCH3 is 1. The molecule has 0 saturated carbocycles. The lowest BCUT2D eigenvalue weighted by Gasteiger charge is -1.97. The Bertz CT molecular complexity index is 151. The third-order valence-electron chi connectivity index (χ3n) is 2.32. The molecule has 0 atom stereocenters. The van der Waals surface area contributed by atoms with Gasteiger partial charge in [0.05, 0.1) is 7.11 Å². The van der Waals surface area contributed by atoms with E-state index in [2.05, 4.69) is 25.2 Å². The maximum absolute atomic E-state index is 9.84. The Balaban J connectivity index is -0.000000109. The van der Waals surface area contributed by atoms with E-state index in [4.69, 9.17) is 10.2 Å². The van der Waals surface area contributed by atoms with Gasteiger partial charge in [-0.2, -0.15) is 0 Å².